The molecule has 41 heavy (non-hydrogen) atoms. The van der Waals surface area contributed by atoms with Crippen LogP contribution in [0.3, 0.4) is 0 Å². The van der Waals surface area contributed by atoms with Crippen LogP contribution >= 0.6 is 0 Å². The van der Waals surface area contributed by atoms with Gasteiger partial charge in [0.15, 0.2) is 11.6 Å². The average molecular weight is 562 g/mol. The Morgan fingerprint density at radius 2 is 1.90 bits per heavy atom. The molecule has 0 radical (unpaired) electrons. The third-order valence-corrected chi connectivity index (χ3v) is 8.58. The van der Waals surface area contributed by atoms with Crippen LogP contribution in [0.4, 0.5) is 20.2 Å². The average Bonchev–Trinajstić information content (AvgIpc) is 3.51. The first-order valence-corrected chi connectivity index (χ1v) is 13.8. The van der Waals surface area contributed by atoms with Crippen molar-refractivity contribution in [3.63, 3.8) is 0 Å². The molecule has 4 aromatic rings. The molecule has 2 saturated heterocycles. The van der Waals surface area contributed by atoms with Gasteiger partial charge in [-0.1, -0.05) is 6.07 Å². The second kappa shape index (κ2) is 9.74. The van der Waals surface area contributed by atoms with Gasteiger partial charge in [0.25, 0.3) is 11.5 Å². The number of amides is 1. The van der Waals surface area contributed by atoms with Crippen molar-refractivity contribution in [2.45, 2.75) is 37.8 Å². The fourth-order valence-corrected chi connectivity index (χ4v) is 6.18. The molecule has 3 aliphatic rings. The molecule has 0 bridgehead atoms. The second-order valence-corrected chi connectivity index (χ2v) is 11.2. The molecule has 12 heteroatoms. The van der Waals surface area contributed by atoms with Crippen molar-refractivity contribution in [1.29, 1.82) is 0 Å². The number of hydrogen-bond donors (Lipinski definition) is 2. The van der Waals surface area contributed by atoms with Crippen molar-refractivity contribution < 1.29 is 18.3 Å². The van der Waals surface area contributed by atoms with Crippen molar-refractivity contribution in [1.82, 2.24) is 19.6 Å². The van der Waals surface area contributed by atoms with E-state index in [9.17, 15) is 18.4 Å². The van der Waals surface area contributed by atoms with E-state index in [1.54, 1.807) is 0 Å². The highest BCUT2D eigenvalue weighted by atomic mass is 19.1. The van der Waals surface area contributed by atoms with E-state index in [1.807, 2.05) is 23.0 Å². The van der Waals surface area contributed by atoms with Gasteiger partial charge in [-0.2, -0.15) is 14.9 Å². The third-order valence-electron chi connectivity index (χ3n) is 8.58. The molecule has 1 spiro atoms. The maximum atomic E-state index is 14.4. The molecule has 0 unspecified atom stereocenters. The van der Waals surface area contributed by atoms with E-state index in [1.165, 1.54) is 12.1 Å². The van der Waals surface area contributed by atoms with Gasteiger partial charge in [-0.15, -0.1) is 0 Å². The zero-order chi connectivity index (χ0) is 28.3. The van der Waals surface area contributed by atoms with E-state index in [-0.39, 0.29) is 23.2 Å². The Morgan fingerprint density at radius 1 is 1.10 bits per heavy atom. The lowest BCUT2D eigenvalue weighted by atomic mass is 10.0. The molecule has 1 amide bonds. The Bertz CT molecular complexity index is 1710. The number of para-hydroxylation sites is 1. The quantitative estimate of drug-likeness (QED) is 0.383. The van der Waals surface area contributed by atoms with E-state index >= 15 is 0 Å². The van der Waals surface area contributed by atoms with Gasteiger partial charge in [0.05, 0.1) is 35.7 Å². The summed E-state index contributed by atoms with van der Waals surface area (Å²) in [5, 5.41) is 12.5. The van der Waals surface area contributed by atoms with Gasteiger partial charge in [-0.25, -0.2) is 8.78 Å². The summed E-state index contributed by atoms with van der Waals surface area (Å²) in [6, 6.07) is 9.41. The number of halogens is 2. The molecule has 2 aromatic carbocycles. The van der Waals surface area contributed by atoms with Crippen LogP contribution in [0.5, 0.6) is 0 Å². The van der Waals surface area contributed by atoms with Gasteiger partial charge in [0.2, 0.25) is 0 Å². The Morgan fingerprint density at radius 3 is 2.61 bits per heavy atom. The molecule has 1 saturated carbocycles. The Labute approximate surface area is 233 Å². The normalized spacial score (nSPS) is 21.5. The Balaban J connectivity index is 1.27. The van der Waals surface area contributed by atoms with Crippen LogP contribution in [0.2, 0.25) is 0 Å². The zero-order valence-electron chi connectivity index (χ0n) is 22.2. The summed E-state index contributed by atoms with van der Waals surface area (Å²) in [5.41, 5.74) is 7.32. The van der Waals surface area contributed by atoms with Crippen molar-refractivity contribution in [2.75, 3.05) is 36.5 Å². The van der Waals surface area contributed by atoms with Crippen LogP contribution in [0.25, 0.3) is 16.6 Å². The van der Waals surface area contributed by atoms with Gasteiger partial charge < -0.3 is 20.7 Å². The lowest BCUT2D eigenvalue weighted by Crippen LogP contribution is -2.30. The summed E-state index contributed by atoms with van der Waals surface area (Å²) in [7, 11) is 0. The highest BCUT2D eigenvalue weighted by molar-refractivity contribution is 6.09. The van der Waals surface area contributed by atoms with Gasteiger partial charge in [0.1, 0.15) is 11.4 Å². The van der Waals surface area contributed by atoms with Gasteiger partial charge in [-0.05, 0) is 56.0 Å². The first-order chi connectivity index (χ1) is 19.8. The predicted octanol–water partition coefficient (Wildman–Crippen LogP) is 3.39. The lowest BCUT2D eigenvalue weighted by Gasteiger charge is -2.25. The Kier molecular flexibility index (Phi) is 6.12. The number of fused-ring (bicyclic) bond motifs is 1. The summed E-state index contributed by atoms with van der Waals surface area (Å²) < 4.78 is 37.1. The van der Waals surface area contributed by atoms with E-state index in [0.717, 1.165) is 73.6 Å². The highest BCUT2D eigenvalue weighted by Gasteiger charge is 2.54. The topological polar surface area (TPSA) is 120 Å². The number of nitrogens with two attached hydrogens (primary N) is 1. The van der Waals surface area contributed by atoms with E-state index in [4.69, 9.17) is 15.6 Å². The van der Waals surface area contributed by atoms with Crippen LogP contribution in [0, 0.1) is 17.0 Å². The molecule has 2 atom stereocenters. The summed E-state index contributed by atoms with van der Waals surface area (Å²) in [6.07, 6.45) is 5.88. The maximum Gasteiger partial charge on any atom is 0.276 e. The number of ether oxygens (including phenoxy) is 1. The SMILES string of the molecule is N[C@H]1CN(c2c(NC(=O)c3ccc(=O)n(-c4c(F)cccc4F)n3)ccc3c2cnn3[C@H]2CCCOC2)CC12CC2. The minimum Gasteiger partial charge on any atom is -0.379 e. The van der Waals surface area contributed by atoms with E-state index < -0.39 is 28.8 Å². The molecule has 4 heterocycles. The minimum absolute atomic E-state index is 0.0176. The fraction of sp³-hybridized carbons (Fsp3) is 0.379. The minimum atomic E-state index is -0.968. The van der Waals surface area contributed by atoms with Crippen molar-refractivity contribution in [3.8, 4) is 5.69 Å². The lowest BCUT2D eigenvalue weighted by molar-refractivity contribution is 0.0565. The summed E-state index contributed by atoms with van der Waals surface area (Å²) >= 11 is 0. The van der Waals surface area contributed by atoms with Crippen molar-refractivity contribution in [3.05, 3.63) is 76.3 Å². The van der Waals surface area contributed by atoms with Crippen molar-refractivity contribution in [2.24, 2.45) is 11.1 Å². The van der Waals surface area contributed by atoms with E-state index in [2.05, 4.69) is 15.3 Å². The molecule has 3 N–H and O–H groups in total. The van der Waals surface area contributed by atoms with Gasteiger partial charge in [-0.3, -0.25) is 14.3 Å². The molecule has 3 fully saturated rings. The van der Waals surface area contributed by atoms with Crippen LogP contribution in [-0.4, -0.2) is 57.8 Å². The number of rotatable bonds is 5. The molecule has 10 nitrogen and oxygen atoms in total. The molecule has 1 aliphatic carbocycles. The number of aromatic nitrogens is 4. The second-order valence-electron chi connectivity index (χ2n) is 11.2. The number of nitrogens with one attached hydrogen (secondary N) is 1. The molecule has 2 aromatic heterocycles. The summed E-state index contributed by atoms with van der Waals surface area (Å²) in [5.74, 6) is -2.57. The third kappa shape index (κ3) is 4.38. The number of carbonyl (C=O) groups excluding carboxylic acids is 1. The number of benzene rings is 2. The fourth-order valence-electron chi connectivity index (χ4n) is 6.18. The number of carbonyl (C=O) groups is 1. The predicted molar refractivity (Wildman–Crippen MR) is 148 cm³/mol. The van der Waals surface area contributed by atoms with Gasteiger partial charge in [0, 0.05) is 42.6 Å². The summed E-state index contributed by atoms with van der Waals surface area (Å²) in [6.45, 7) is 2.74. The molecule has 212 valence electrons. The van der Waals surface area contributed by atoms with Crippen LogP contribution in [-0.2, 0) is 4.74 Å². The zero-order valence-corrected chi connectivity index (χ0v) is 22.2. The molecule has 2 aliphatic heterocycles. The van der Waals surface area contributed by atoms with Crippen LogP contribution in [0.1, 0.15) is 42.2 Å². The largest absolute Gasteiger partial charge is 0.379 e. The number of anilines is 2. The first kappa shape index (κ1) is 25.8. The van der Waals surface area contributed by atoms with Crippen molar-refractivity contribution >= 4 is 28.2 Å². The smallest absolute Gasteiger partial charge is 0.276 e. The number of nitrogens with zero attached hydrogens (tertiary/aromatic N) is 5. The molecular formula is C29H29F2N7O3. The van der Waals surface area contributed by atoms with Crippen LogP contribution < -0.4 is 21.5 Å². The standard InChI is InChI=1S/C29H29F2N7O3/c30-19-4-1-5-20(31)27(19)38-25(39)9-7-22(35-38)28(40)34-21-6-8-23-18(13-33-37(23)17-3-2-12-41-15-17)26(21)36-14-24(32)29(16-36)10-11-29/h1,4-9,13,17,24H,2-3,10-12,14-16,32H2,(H,34,40)/t17-,24-/m0/s1. The molecular weight excluding hydrogens is 532 g/mol. The monoisotopic (exact) mass is 561 g/mol. The Hall–Kier alpha value is -4.16. The number of hydrogen-bond acceptors (Lipinski definition) is 7. The van der Waals surface area contributed by atoms with Gasteiger partial charge >= 0.3 is 0 Å². The first-order valence-electron chi connectivity index (χ1n) is 13.8. The molecule has 7 rings (SSSR count). The highest BCUT2D eigenvalue weighted by Crippen LogP contribution is 2.54. The van der Waals surface area contributed by atoms with E-state index in [0.29, 0.717) is 23.5 Å². The maximum absolute atomic E-state index is 14.4. The van der Waals surface area contributed by atoms with Crippen LogP contribution in [0.15, 0.2) is 53.5 Å². The summed E-state index contributed by atoms with van der Waals surface area (Å²) in [4.78, 5) is 28.2.